The lowest BCUT2D eigenvalue weighted by Crippen LogP contribution is -2.17. The van der Waals surface area contributed by atoms with Crippen LogP contribution >= 0.6 is 23.1 Å². The van der Waals surface area contributed by atoms with Gasteiger partial charge in [-0.3, -0.25) is 4.79 Å². The highest BCUT2D eigenvalue weighted by Crippen LogP contribution is 2.38. The van der Waals surface area contributed by atoms with E-state index in [4.69, 9.17) is 0 Å². The molecule has 0 spiro atoms. The summed E-state index contributed by atoms with van der Waals surface area (Å²) in [6.45, 7) is 0. The number of carbonyl (C=O) groups is 1. The molecule has 1 aliphatic rings. The molecule has 0 saturated heterocycles. The fraction of sp³-hybridized carbons (Fsp3) is 0.176. The van der Waals surface area contributed by atoms with Crippen LogP contribution < -0.4 is 5.32 Å². The first-order valence-corrected chi connectivity index (χ1v) is 9.52. The highest BCUT2D eigenvalue weighted by molar-refractivity contribution is 7.98. The van der Waals surface area contributed by atoms with Crippen LogP contribution in [0.5, 0.6) is 5.75 Å². The molecule has 2 N–H and O–H groups in total. The third kappa shape index (κ3) is 2.70. The predicted molar refractivity (Wildman–Crippen MR) is 97.4 cm³/mol. The van der Waals surface area contributed by atoms with Crippen LogP contribution in [-0.4, -0.2) is 26.3 Å². The first kappa shape index (κ1) is 15.3. The standard InChI is InChI=1S/C17H15N3O2S2/c21-12-4-3-6-18-15(12)19-16(22)14-11-5-9-23-10-13(11)24-17(14)20-7-1-2-8-20/h1-4,6-8,21H,5,9-10H2,(H,18,19,22). The Hall–Kier alpha value is -2.25. The van der Waals surface area contributed by atoms with Gasteiger partial charge >= 0.3 is 0 Å². The zero-order valence-electron chi connectivity index (χ0n) is 12.7. The van der Waals surface area contributed by atoms with Gasteiger partial charge in [0.25, 0.3) is 5.91 Å². The number of thioether (sulfide) groups is 1. The lowest BCUT2D eigenvalue weighted by atomic mass is 10.1. The van der Waals surface area contributed by atoms with E-state index in [0.29, 0.717) is 5.56 Å². The van der Waals surface area contributed by atoms with E-state index in [1.807, 2.05) is 40.9 Å². The second-order valence-corrected chi connectivity index (χ2v) is 7.59. The Kier molecular flexibility index (Phi) is 4.03. The summed E-state index contributed by atoms with van der Waals surface area (Å²) in [7, 11) is 0. The van der Waals surface area contributed by atoms with Gasteiger partial charge in [0.1, 0.15) is 5.00 Å². The number of fused-ring (bicyclic) bond motifs is 1. The third-order valence-corrected chi connectivity index (χ3v) is 6.30. The molecule has 3 aromatic rings. The number of hydrogen-bond acceptors (Lipinski definition) is 5. The van der Waals surface area contributed by atoms with E-state index in [2.05, 4.69) is 10.3 Å². The maximum absolute atomic E-state index is 12.9. The van der Waals surface area contributed by atoms with Crippen LogP contribution in [-0.2, 0) is 12.2 Å². The number of thiophene rings is 1. The monoisotopic (exact) mass is 357 g/mol. The van der Waals surface area contributed by atoms with Gasteiger partial charge in [0.15, 0.2) is 11.6 Å². The van der Waals surface area contributed by atoms with Gasteiger partial charge in [-0.15, -0.1) is 11.3 Å². The van der Waals surface area contributed by atoms with Crippen molar-refractivity contribution in [3.63, 3.8) is 0 Å². The molecular formula is C17H15N3O2S2. The van der Waals surface area contributed by atoms with Crippen molar-refractivity contribution in [1.82, 2.24) is 9.55 Å². The first-order chi connectivity index (χ1) is 11.7. The number of pyridine rings is 1. The van der Waals surface area contributed by atoms with Gasteiger partial charge in [-0.25, -0.2) is 4.98 Å². The SMILES string of the molecule is O=C(Nc1ncccc1O)c1c(-n2cccc2)sc2c1CCSC2. The highest BCUT2D eigenvalue weighted by atomic mass is 32.2. The summed E-state index contributed by atoms with van der Waals surface area (Å²) >= 11 is 3.55. The molecule has 1 aliphatic heterocycles. The van der Waals surface area contributed by atoms with Crippen LogP contribution in [0, 0.1) is 0 Å². The van der Waals surface area contributed by atoms with E-state index < -0.39 is 0 Å². The second-order valence-electron chi connectivity index (χ2n) is 5.40. The average Bonchev–Trinajstić information content (AvgIpc) is 3.23. The predicted octanol–water partition coefficient (Wildman–Crippen LogP) is 3.68. The van der Waals surface area contributed by atoms with Crippen LogP contribution in [0.4, 0.5) is 5.82 Å². The number of aromatic hydroxyl groups is 1. The number of aromatic nitrogens is 2. The summed E-state index contributed by atoms with van der Waals surface area (Å²) in [6, 6.07) is 7.02. The maximum Gasteiger partial charge on any atom is 0.260 e. The molecule has 0 aliphatic carbocycles. The van der Waals surface area contributed by atoms with Crippen LogP contribution in [0.3, 0.4) is 0 Å². The number of amides is 1. The first-order valence-electron chi connectivity index (χ1n) is 7.55. The topological polar surface area (TPSA) is 67.2 Å². The Morgan fingerprint density at radius 1 is 1.29 bits per heavy atom. The molecular weight excluding hydrogens is 342 g/mol. The summed E-state index contributed by atoms with van der Waals surface area (Å²) in [5.41, 5.74) is 1.81. The van der Waals surface area contributed by atoms with Crippen molar-refractivity contribution in [3.8, 4) is 10.8 Å². The molecule has 3 aromatic heterocycles. The van der Waals surface area contributed by atoms with Gasteiger partial charge in [0, 0.05) is 29.2 Å². The quantitative estimate of drug-likeness (QED) is 0.750. The van der Waals surface area contributed by atoms with Crippen LogP contribution in [0.15, 0.2) is 42.9 Å². The Morgan fingerprint density at radius 3 is 2.92 bits per heavy atom. The summed E-state index contributed by atoms with van der Waals surface area (Å²) in [5.74, 6) is 1.89. The van der Waals surface area contributed by atoms with Crippen molar-refractivity contribution in [2.45, 2.75) is 12.2 Å². The smallest absolute Gasteiger partial charge is 0.260 e. The molecule has 0 aromatic carbocycles. The van der Waals surface area contributed by atoms with Crippen molar-refractivity contribution in [3.05, 3.63) is 58.9 Å². The zero-order valence-corrected chi connectivity index (χ0v) is 14.4. The van der Waals surface area contributed by atoms with E-state index in [1.165, 1.54) is 10.9 Å². The fourth-order valence-corrected chi connectivity index (χ4v) is 5.21. The van der Waals surface area contributed by atoms with E-state index in [0.717, 1.165) is 28.5 Å². The highest BCUT2D eigenvalue weighted by Gasteiger charge is 2.26. The minimum atomic E-state index is -0.225. The largest absolute Gasteiger partial charge is 0.504 e. The molecule has 5 nitrogen and oxygen atoms in total. The van der Waals surface area contributed by atoms with Crippen molar-refractivity contribution in [1.29, 1.82) is 0 Å². The number of nitrogens with zero attached hydrogens (tertiary/aromatic N) is 2. The second kappa shape index (κ2) is 6.33. The summed E-state index contributed by atoms with van der Waals surface area (Å²) < 4.78 is 1.97. The lowest BCUT2D eigenvalue weighted by Gasteiger charge is -2.13. The summed E-state index contributed by atoms with van der Waals surface area (Å²) in [6.07, 6.45) is 6.32. The van der Waals surface area contributed by atoms with E-state index >= 15 is 0 Å². The molecule has 0 bridgehead atoms. The van der Waals surface area contributed by atoms with Gasteiger partial charge in [0.05, 0.1) is 5.56 Å². The molecule has 4 rings (SSSR count). The minimum Gasteiger partial charge on any atom is -0.504 e. The molecule has 4 heterocycles. The summed E-state index contributed by atoms with van der Waals surface area (Å²) in [5, 5.41) is 13.5. The van der Waals surface area contributed by atoms with E-state index in [-0.39, 0.29) is 17.5 Å². The molecule has 0 unspecified atom stereocenters. The van der Waals surface area contributed by atoms with Crippen LogP contribution in [0.1, 0.15) is 20.8 Å². The Balaban J connectivity index is 1.77. The van der Waals surface area contributed by atoms with Gasteiger partial charge in [0.2, 0.25) is 0 Å². The maximum atomic E-state index is 12.9. The van der Waals surface area contributed by atoms with Gasteiger partial charge < -0.3 is 15.0 Å². The van der Waals surface area contributed by atoms with Crippen LogP contribution in [0.25, 0.3) is 5.00 Å². The third-order valence-electron chi connectivity index (χ3n) is 3.89. The van der Waals surface area contributed by atoms with Gasteiger partial charge in [-0.05, 0) is 42.0 Å². The van der Waals surface area contributed by atoms with Crippen molar-refractivity contribution in [2.24, 2.45) is 0 Å². The minimum absolute atomic E-state index is 0.0342. The van der Waals surface area contributed by atoms with E-state index in [9.17, 15) is 9.90 Å². The molecule has 7 heteroatoms. The summed E-state index contributed by atoms with van der Waals surface area (Å²) in [4.78, 5) is 18.2. The normalized spacial score (nSPS) is 13.5. The molecule has 1 amide bonds. The number of nitrogens with one attached hydrogen (secondary N) is 1. The van der Waals surface area contributed by atoms with Crippen molar-refractivity contribution in [2.75, 3.05) is 11.1 Å². The molecule has 24 heavy (non-hydrogen) atoms. The van der Waals surface area contributed by atoms with Crippen molar-refractivity contribution >= 4 is 34.8 Å². The fourth-order valence-electron chi connectivity index (χ4n) is 2.77. The molecule has 122 valence electrons. The van der Waals surface area contributed by atoms with Gasteiger partial charge in [-0.2, -0.15) is 11.8 Å². The molecule has 0 atom stereocenters. The number of anilines is 1. The van der Waals surface area contributed by atoms with Crippen molar-refractivity contribution < 1.29 is 9.90 Å². The molecule has 0 radical (unpaired) electrons. The number of hydrogen-bond donors (Lipinski definition) is 2. The van der Waals surface area contributed by atoms with Gasteiger partial charge in [-0.1, -0.05) is 0 Å². The number of rotatable bonds is 3. The number of carbonyl (C=O) groups excluding carboxylic acids is 1. The Labute approximate surface area is 147 Å². The molecule has 0 fully saturated rings. The Bertz CT molecular complexity index is 887. The Morgan fingerprint density at radius 2 is 2.12 bits per heavy atom. The zero-order chi connectivity index (χ0) is 16.5. The lowest BCUT2D eigenvalue weighted by molar-refractivity contribution is 0.102. The van der Waals surface area contributed by atoms with E-state index in [1.54, 1.807) is 23.6 Å². The molecule has 0 saturated carbocycles. The average molecular weight is 357 g/mol. The van der Waals surface area contributed by atoms with Crippen LogP contribution in [0.2, 0.25) is 0 Å².